The first kappa shape index (κ1) is 26.0. The van der Waals surface area contributed by atoms with Gasteiger partial charge in [-0.3, -0.25) is 14.6 Å². The summed E-state index contributed by atoms with van der Waals surface area (Å²) >= 11 is 0. The van der Waals surface area contributed by atoms with Gasteiger partial charge in [-0.1, -0.05) is 52.6 Å². The molecule has 0 aliphatic carbocycles. The maximum Gasteiger partial charge on any atom is 0.305 e. The third kappa shape index (κ3) is 7.94. The quantitative estimate of drug-likeness (QED) is 0.265. The molecule has 0 aromatic heterocycles. The molecule has 0 saturated heterocycles. The van der Waals surface area contributed by atoms with Gasteiger partial charge in [-0.15, -0.1) is 0 Å². The number of methoxy groups -OCH3 is 1. The van der Waals surface area contributed by atoms with E-state index in [2.05, 4.69) is 64.8 Å². The van der Waals surface area contributed by atoms with Crippen LogP contribution in [0, 0.1) is 5.92 Å². The minimum absolute atomic E-state index is 0.0235. The lowest BCUT2D eigenvalue weighted by molar-refractivity contribution is -0.141. The highest BCUT2D eigenvalue weighted by Crippen LogP contribution is 2.38. The zero-order chi connectivity index (χ0) is 22.6. The van der Waals surface area contributed by atoms with Gasteiger partial charge in [0.05, 0.1) is 31.9 Å². The summed E-state index contributed by atoms with van der Waals surface area (Å²) in [5.41, 5.74) is 1.69. The molecular formula is C22H41NO4Si2. The minimum Gasteiger partial charge on any atom is -0.469 e. The van der Waals surface area contributed by atoms with E-state index in [-0.39, 0.29) is 41.6 Å². The van der Waals surface area contributed by atoms with E-state index in [0.29, 0.717) is 12.3 Å². The van der Waals surface area contributed by atoms with Gasteiger partial charge in [-0.2, -0.15) is 0 Å². The van der Waals surface area contributed by atoms with Gasteiger partial charge >= 0.3 is 5.97 Å². The molecule has 166 valence electrons. The molecule has 5 nitrogen and oxygen atoms in total. The first-order valence-corrected chi connectivity index (χ1v) is 17.2. The summed E-state index contributed by atoms with van der Waals surface area (Å²) in [6.07, 6.45) is 1.00. The van der Waals surface area contributed by atoms with E-state index >= 15 is 0 Å². The maximum atomic E-state index is 12.9. The fraction of sp³-hybridized carbons (Fsp3) is 0.773. The van der Waals surface area contributed by atoms with E-state index in [1.807, 2.05) is 0 Å². The molecule has 0 N–H and O–H groups in total. The van der Waals surface area contributed by atoms with Crippen LogP contribution in [0.1, 0.15) is 40.0 Å². The van der Waals surface area contributed by atoms with Crippen molar-refractivity contribution in [3.8, 4) is 0 Å². The third-order valence-corrected chi connectivity index (χ3v) is 11.9. The van der Waals surface area contributed by atoms with Gasteiger partial charge in [0.25, 0.3) is 0 Å². The zero-order valence-electron chi connectivity index (χ0n) is 20.0. The predicted molar refractivity (Wildman–Crippen MR) is 126 cm³/mol. The summed E-state index contributed by atoms with van der Waals surface area (Å²) in [5, 5.41) is 0.134. The van der Waals surface area contributed by atoms with Gasteiger partial charge in [-0.25, -0.2) is 0 Å². The summed E-state index contributed by atoms with van der Waals surface area (Å²) in [6, 6.07) is 0.945. The van der Waals surface area contributed by atoms with Crippen LogP contribution in [-0.2, 0) is 18.8 Å². The highest BCUT2D eigenvalue weighted by atomic mass is 28.4. The third-order valence-electron chi connectivity index (χ3n) is 5.92. The number of aliphatic imine (C=N–C) groups is 1. The van der Waals surface area contributed by atoms with Gasteiger partial charge in [0.2, 0.25) is 0 Å². The molecule has 2 atom stereocenters. The summed E-state index contributed by atoms with van der Waals surface area (Å²) in [7, 11) is -1.89. The van der Waals surface area contributed by atoms with Gasteiger partial charge in [-0.05, 0) is 30.6 Å². The molecule has 1 rings (SSSR count). The van der Waals surface area contributed by atoms with Crippen molar-refractivity contribution in [2.45, 2.75) is 89.9 Å². The summed E-state index contributed by atoms with van der Waals surface area (Å²) in [6.45, 7) is 22.9. The Morgan fingerprint density at radius 2 is 1.72 bits per heavy atom. The lowest BCUT2D eigenvalue weighted by atomic mass is 9.90. The Bertz CT molecular complexity index is 657. The summed E-state index contributed by atoms with van der Waals surface area (Å²) in [4.78, 5) is 29.1. The molecule has 0 aromatic carbocycles. The molecule has 0 fully saturated rings. The number of hydrogen-bond acceptors (Lipinski definition) is 5. The Morgan fingerprint density at radius 3 is 2.21 bits per heavy atom. The smallest absolute Gasteiger partial charge is 0.305 e. The zero-order valence-corrected chi connectivity index (χ0v) is 22.0. The van der Waals surface area contributed by atoms with Crippen LogP contribution in [0.2, 0.25) is 43.8 Å². The van der Waals surface area contributed by atoms with E-state index in [4.69, 9.17) is 9.42 Å². The number of carbonyl (C=O) groups excluding carboxylic acids is 2. The van der Waals surface area contributed by atoms with Gasteiger partial charge < -0.3 is 9.16 Å². The number of carbonyl (C=O) groups is 2. The van der Waals surface area contributed by atoms with E-state index in [9.17, 15) is 9.59 Å². The molecule has 0 amide bonds. The monoisotopic (exact) mass is 439 g/mol. The van der Waals surface area contributed by atoms with Crippen molar-refractivity contribution in [1.82, 2.24) is 0 Å². The summed E-state index contributed by atoms with van der Waals surface area (Å²) < 4.78 is 11.0. The fourth-order valence-corrected chi connectivity index (χ4v) is 5.88. The van der Waals surface area contributed by atoms with E-state index in [0.717, 1.165) is 18.0 Å². The lowest BCUT2D eigenvalue weighted by Gasteiger charge is -2.36. The maximum absolute atomic E-state index is 12.9. The van der Waals surface area contributed by atoms with Crippen molar-refractivity contribution in [3.05, 3.63) is 12.2 Å². The second-order valence-electron chi connectivity index (χ2n) is 10.9. The van der Waals surface area contributed by atoms with Crippen molar-refractivity contribution in [1.29, 1.82) is 0 Å². The molecule has 0 bridgehead atoms. The first-order chi connectivity index (χ1) is 13.1. The number of allylic oxidation sites excluding steroid dienone is 1. The number of nitrogens with zero attached hydrogens (tertiary/aromatic N) is 1. The molecule has 1 aliphatic rings. The van der Waals surface area contributed by atoms with Crippen LogP contribution in [0.15, 0.2) is 17.1 Å². The average molecular weight is 440 g/mol. The second-order valence-corrected chi connectivity index (χ2v) is 21.2. The van der Waals surface area contributed by atoms with Crippen LogP contribution in [0.4, 0.5) is 0 Å². The number of ketones is 1. The highest BCUT2D eigenvalue weighted by Gasteiger charge is 2.40. The Hall–Kier alpha value is -1.06. The molecule has 1 aliphatic heterocycles. The molecular weight excluding hydrogens is 398 g/mol. The van der Waals surface area contributed by atoms with Crippen molar-refractivity contribution < 1.29 is 18.8 Å². The van der Waals surface area contributed by atoms with E-state index in [1.165, 1.54) is 7.11 Å². The van der Waals surface area contributed by atoms with Gasteiger partial charge in [0.15, 0.2) is 14.1 Å². The highest BCUT2D eigenvalue weighted by molar-refractivity contribution is 6.76. The van der Waals surface area contributed by atoms with Crippen LogP contribution in [0.5, 0.6) is 0 Å². The largest absolute Gasteiger partial charge is 0.469 e. The molecule has 0 radical (unpaired) electrons. The number of rotatable bonds is 10. The Labute approximate surface area is 179 Å². The molecule has 29 heavy (non-hydrogen) atoms. The topological polar surface area (TPSA) is 65.0 Å². The van der Waals surface area contributed by atoms with E-state index < -0.39 is 16.4 Å². The van der Waals surface area contributed by atoms with Crippen molar-refractivity contribution in [2.24, 2.45) is 10.9 Å². The molecule has 0 saturated carbocycles. The van der Waals surface area contributed by atoms with Crippen LogP contribution in [-0.4, -0.2) is 53.6 Å². The van der Waals surface area contributed by atoms with E-state index in [1.54, 1.807) is 0 Å². The SMILES string of the molecule is C=C(C[Si](C)(C)C)[C@@H]1C[C@H](CO[Si](C)(C)C(C)(C)C)N=C1C(=O)CCC(=O)OC. The standard InChI is InChI=1S/C22H41NO4Si2/c1-16(15-28(6,7)8)18-13-17(14-27-29(9,10)22(2,3)4)23-21(18)19(24)11-12-20(25)26-5/h17-18H,1,11-15H2,2-10H3/t17-,18+/m1/s1. The van der Waals surface area contributed by atoms with Crippen molar-refractivity contribution in [2.75, 3.05) is 13.7 Å². The van der Waals surface area contributed by atoms with Gasteiger partial charge in [0, 0.05) is 20.4 Å². The average Bonchev–Trinajstić information content (AvgIpc) is 2.99. The predicted octanol–water partition coefficient (Wildman–Crippen LogP) is 5.25. The first-order valence-electron chi connectivity index (χ1n) is 10.6. The van der Waals surface area contributed by atoms with Crippen molar-refractivity contribution in [3.63, 3.8) is 0 Å². The number of Topliss-reactive ketones (excluding diaryl/α,β-unsaturated/α-hetero) is 1. The Balaban J connectivity index is 2.95. The molecule has 1 heterocycles. The van der Waals surface area contributed by atoms with Crippen LogP contribution < -0.4 is 0 Å². The normalized spacial score (nSPS) is 20.4. The molecule has 7 heteroatoms. The second kappa shape index (κ2) is 9.83. The van der Waals surface area contributed by atoms with Crippen LogP contribution in [0.3, 0.4) is 0 Å². The molecule has 0 unspecified atom stereocenters. The Kier molecular flexibility index (Phi) is 8.81. The van der Waals surface area contributed by atoms with Crippen LogP contribution >= 0.6 is 0 Å². The fourth-order valence-electron chi connectivity index (χ4n) is 3.23. The minimum atomic E-state index is -1.88. The lowest BCUT2D eigenvalue weighted by Crippen LogP contribution is -2.42. The number of esters is 1. The molecule has 0 aromatic rings. The van der Waals surface area contributed by atoms with Crippen LogP contribution in [0.25, 0.3) is 0 Å². The number of hydrogen-bond donors (Lipinski definition) is 0. The summed E-state index contributed by atoms with van der Waals surface area (Å²) in [5.74, 6) is -0.459. The van der Waals surface area contributed by atoms with Crippen molar-refractivity contribution >= 4 is 33.9 Å². The molecule has 0 spiro atoms. The Morgan fingerprint density at radius 1 is 1.14 bits per heavy atom. The van der Waals surface area contributed by atoms with Gasteiger partial charge in [0.1, 0.15) is 0 Å². The number of ether oxygens (including phenoxy) is 1.